The number of fused-ring (bicyclic) bond motifs is 8. The predicted molar refractivity (Wildman–Crippen MR) is 543 cm³/mol. The molecule has 6 aromatic heterocycles. The molecule has 122 heavy (non-hydrogen) atoms. The van der Waals surface area contributed by atoms with E-state index in [0.717, 1.165) is 115 Å². The lowest BCUT2D eigenvalue weighted by atomic mass is 9.63. The van der Waals surface area contributed by atoms with Gasteiger partial charge in [0.1, 0.15) is 22.1 Å². The molecule has 2 aliphatic carbocycles. The van der Waals surface area contributed by atoms with Crippen LogP contribution in [0.25, 0.3) is 62.5 Å². The van der Waals surface area contributed by atoms with Crippen LogP contribution < -0.4 is 0 Å². The van der Waals surface area contributed by atoms with E-state index in [0.29, 0.717) is 23.4 Å². The quantitative estimate of drug-likeness (QED) is 0.0353. The average Bonchev–Trinajstić information content (AvgIpc) is 1.55. The molecule has 6 nitrogen and oxygen atoms in total. The molecule has 12 heteroatoms. The summed E-state index contributed by atoms with van der Waals surface area (Å²) in [6.07, 6.45) is 71.2. The first-order valence-corrected chi connectivity index (χ1v) is 56.2. The number of hydrogen-bond donors (Lipinski definition) is 0. The van der Waals surface area contributed by atoms with Crippen molar-refractivity contribution in [1.29, 1.82) is 0 Å². The molecule has 678 valence electrons. The molecular weight excluding hydrogens is 1600 g/mol. The van der Waals surface area contributed by atoms with Gasteiger partial charge in [0.05, 0.1) is 44.0 Å². The van der Waals surface area contributed by atoms with Gasteiger partial charge in [-0.3, -0.25) is 9.59 Å². The van der Waals surface area contributed by atoms with Crippen LogP contribution in [-0.2, 0) is 27.1 Å². The smallest absolute Gasteiger partial charge is 0.174 e. The Morgan fingerprint density at radius 3 is 1.02 bits per heavy atom. The van der Waals surface area contributed by atoms with Gasteiger partial charge in [-0.15, -0.1) is 45.3 Å². The summed E-state index contributed by atoms with van der Waals surface area (Å²) in [6.45, 7) is 35.5. The fraction of sp³-hybridized carbons (Fsp3) is 0.727. The molecule has 4 atom stereocenters. The van der Waals surface area contributed by atoms with Crippen LogP contribution in [-0.4, -0.2) is 29.1 Å². The van der Waals surface area contributed by atoms with Gasteiger partial charge < -0.3 is 0 Å². The number of hydrogen-bond acceptors (Lipinski definition) is 12. The molecular formula is C110H170N4O2S6. The van der Waals surface area contributed by atoms with Gasteiger partial charge in [-0.05, 0) is 133 Å². The predicted octanol–water partition coefficient (Wildman–Crippen LogP) is 38.7. The molecule has 0 saturated heterocycles. The normalized spacial score (nSPS) is 16.0. The fourth-order valence-corrected chi connectivity index (χ4v) is 27.8. The highest BCUT2D eigenvalue weighted by atomic mass is 32.1. The average molecular weight is 1770 g/mol. The van der Waals surface area contributed by atoms with E-state index in [2.05, 4.69) is 152 Å². The van der Waals surface area contributed by atoms with Crippen LogP contribution >= 0.6 is 68.8 Å². The van der Waals surface area contributed by atoms with Gasteiger partial charge >= 0.3 is 0 Å². The third-order valence-electron chi connectivity index (χ3n) is 30.7. The Kier molecular flexibility index (Phi) is 41.9. The highest BCUT2D eigenvalue weighted by molar-refractivity contribution is 7.25. The lowest BCUT2D eigenvalue weighted by Gasteiger charge is -2.38. The maximum Gasteiger partial charge on any atom is 0.174 e. The van der Waals surface area contributed by atoms with Gasteiger partial charge in [-0.25, -0.2) is 0 Å². The number of rotatable bonds is 66. The number of ketones is 2. The number of nitrogens with zero attached hydrogens (tertiary/aromatic N) is 4. The lowest BCUT2D eigenvalue weighted by molar-refractivity contribution is 0.0839. The number of carbonyl (C=O) groups is 2. The summed E-state index contributed by atoms with van der Waals surface area (Å²) in [5, 5.41) is 0. The van der Waals surface area contributed by atoms with Crippen molar-refractivity contribution in [2.45, 2.75) is 503 Å². The van der Waals surface area contributed by atoms with Crippen LogP contribution in [0.3, 0.4) is 0 Å². The number of unbranched alkanes of at least 4 members (excludes halogenated alkanes) is 38. The van der Waals surface area contributed by atoms with Crippen molar-refractivity contribution in [3.63, 3.8) is 0 Å². The van der Waals surface area contributed by atoms with Crippen LogP contribution in [0, 0.1) is 11.8 Å². The summed E-state index contributed by atoms with van der Waals surface area (Å²) in [4.78, 5) is 43.9. The molecule has 0 amide bonds. The molecule has 4 unspecified atom stereocenters. The Morgan fingerprint density at radius 2 is 0.639 bits per heavy atom. The maximum atomic E-state index is 17.5. The van der Waals surface area contributed by atoms with E-state index in [4.69, 9.17) is 17.5 Å². The van der Waals surface area contributed by atoms with Crippen LogP contribution in [0.1, 0.15) is 528 Å². The molecule has 6 heterocycles. The fourth-order valence-electron chi connectivity index (χ4n) is 21.1. The number of aromatic nitrogens is 4. The first-order valence-electron chi connectivity index (χ1n) is 51.5. The van der Waals surface area contributed by atoms with Crippen LogP contribution in [0.4, 0.5) is 0 Å². The Hall–Kier alpha value is -3.78. The molecule has 2 aliphatic rings. The highest BCUT2D eigenvalue weighted by Gasteiger charge is 2.51. The third kappa shape index (κ3) is 25.7. The van der Waals surface area contributed by atoms with Crippen LogP contribution in [0.2, 0.25) is 0 Å². The number of thiophene rings is 4. The van der Waals surface area contributed by atoms with Crippen LogP contribution in [0.15, 0.2) is 48.5 Å². The Balaban J connectivity index is 1.06. The monoisotopic (exact) mass is 1770 g/mol. The summed E-state index contributed by atoms with van der Waals surface area (Å²) in [5.41, 5.74) is 11.8. The minimum Gasteiger partial charge on any atom is -0.293 e. The maximum absolute atomic E-state index is 17.5. The van der Waals surface area contributed by atoms with E-state index in [-0.39, 0.29) is 22.2 Å². The molecule has 10 rings (SSSR count). The summed E-state index contributed by atoms with van der Waals surface area (Å²) < 4.78 is 21.1. The van der Waals surface area contributed by atoms with Crippen molar-refractivity contribution >= 4 is 102 Å². The molecule has 0 spiro atoms. The summed E-state index contributed by atoms with van der Waals surface area (Å²) >= 11 is 10.4. The SMILES string of the molecule is CCCCCCCCCCCCC1(CCCCCCCCCCCC)C(=O)c2cc(C(C)(C)CC)sc2-c2sc(-c3ccc(C(C)(CC)C(C)c4cc5c(s4)-c4sc(-c6ccc(C(C)(C)CC)c7nsnc67)cc4C(CCC(CCCCCCC)CCCCCCCCC)(CCC(CCCCCCC)CCCCCCCCC)C5=O)c4nsnc34)cc21. The topological polar surface area (TPSA) is 85.7 Å². The van der Waals surface area contributed by atoms with E-state index in [1.807, 2.05) is 45.3 Å². The van der Waals surface area contributed by atoms with Crippen molar-refractivity contribution in [3.05, 3.63) is 91.7 Å². The zero-order valence-corrected chi connectivity index (χ0v) is 85.1. The first kappa shape index (κ1) is 100. The Morgan fingerprint density at radius 1 is 0.311 bits per heavy atom. The standard InChI is InChI=1S/C110H170N4O2S6/c1-16-25-31-37-41-43-45-49-55-61-73-109(74-62-56-50-46-44-42-38-32-26-17-2)90-79-93(119-103(90)101-87(105(109)116)78-95(120-101)107(13,14)23-8)85-68-70-89(99-97(85)112-122-114-99)108(15,24-9)81(10)92-77-86-100(117-92)102-91(80-94(118-102)84-67-69-88(106(11,12)22-7)98-96(84)111-121-113-98)110(104(86)115,75-71-82(63-57-51-35-29-20-5)65-59-53-47-39-33-27-18-3)76-72-83(64-58-52-36-30-21-6)66-60-54-48-40-34-28-19-4/h67-70,77-83H,16-66,71-76H2,1-15H3. The van der Waals surface area contributed by atoms with Crippen molar-refractivity contribution in [2.75, 3.05) is 0 Å². The minimum absolute atomic E-state index is 0.0346. The summed E-state index contributed by atoms with van der Waals surface area (Å²) in [6, 6.07) is 19.5. The van der Waals surface area contributed by atoms with Crippen LogP contribution in [0.5, 0.6) is 0 Å². The van der Waals surface area contributed by atoms with Crippen molar-refractivity contribution in [1.82, 2.24) is 17.5 Å². The summed E-state index contributed by atoms with van der Waals surface area (Å²) in [7, 11) is 0. The molecule has 0 fully saturated rings. The van der Waals surface area contributed by atoms with E-state index in [1.54, 1.807) is 0 Å². The molecule has 8 aromatic rings. The molecule has 0 radical (unpaired) electrons. The van der Waals surface area contributed by atoms with Gasteiger partial charge in [0.25, 0.3) is 0 Å². The molecule has 0 aliphatic heterocycles. The second kappa shape index (κ2) is 51.0. The zero-order valence-electron chi connectivity index (χ0n) is 80.2. The molecule has 2 aromatic carbocycles. The Bertz CT molecular complexity index is 4310. The van der Waals surface area contributed by atoms with Gasteiger partial charge in [0, 0.05) is 56.9 Å². The number of Topliss-reactive ketones (excluding diaryl/α,β-unsaturated/α-hetero) is 2. The van der Waals surface area contributed by atoms with Gasteiger partial charge in [-0.1, -0.05) is 436 Å². The minimum atomic E-state index is -0.654. The third-order valence-corrected chi connectivity index (χ3v) is 37.3. The van der Waals surface area contributed by atoms with Crippen molar-refractivity contribution < 1.29 is 9.59 Å². The second-order valence-electron chi connectivity index (χ2n) is 40.4. The van der Waals surface area contributed by atoms with Gasteiger partial charge in [0.2, 0.25) is 0 Å². The van der Waals surface area contributed by atoms with E-state index in [9.17, 15) is 0 Å². The molecule has 0 bridgehead atoms. The summed E-state index contributed by atoms with van der Waals surface area (Å²) in [5.74, 6) is 2.05. The van der Waals surface area contributed by atoms with E-state index >= 15 is 9.59 Å². The molecule has 0 N–H and O–H groups in total. The highest BCUT2D eigenvalue weighted by Crippen LogP contribution is 2.61. The van der Waals surface area contributed by atoms with Crippen molar-refractivity contribution in [2.24, 2.45) is 11.8 Å². The Labute approximate surface area is 770 Å². The lowest BCUT2D eigenvalue weighted by Crippen LogP contribution is -2.39. The largest absolute Gasteiger partial charge is 0.293 e. The van der Waals surface area contributed by atoms with Gasteiger partial charge in [-0.2, -0.15) is 17.5 Å². The number of benzene rings is 2. The second-order valence-corrected chi connectivity index (χ2v) is 45.7. The van der Waals surface area contributed by atoms with E-state index in [1.165, 1.54) is 380 Å². The number of carbonyl (C=O) groups excluding carboxylic acids is 2. The van der Waals surface area contributed by atoms with Gasteiger partial charge in [0.15, 0.2) is 11.6 Å². The zero-order chi connectivity index (χ0) is 87.0. The first-order chi connectivity index (χ1) is 59.3. The van der Waals surface area contributed by atoms with E-state index < -0.39 is 10.8 Å². The molecule has 0 saturated carbocycles. The van der Waals surface area contributed by atoms with Crippen molar-refractivity contribution in [3.8, 4) is 40.4 Å².